The third-order valence-corrected chi connectivity index (χ3v) is 4.69. The van der Waals surface area contributed by atoms with Gasteiger partial charge in [0.25, 0.3) is 0 Å². The van der Waals surface area contributed by atoms with E-state index in [2.05, 4.69) is 24.3 Å². The zero-order valence-corrected chi connectivity index (χ0v) is 15.0. The van der Waals surface area contributed by atoms with Crippen molar-refractivity contribution in [3.05, 3.63) is 70.2 Å². The van der Waals surface area contributed by atoms with Gasteiger partial charge in [-0.1, -0.05) is 73.7 Å². The first-order valence-corrected chi connectivity index (χ1v) is 9.24. The number of unbranched alkanes of at least 4 members (excludes halogenated alkanes) is 5. The summed E-state index contributed by atoms with van der Waals surface area (Å²) in [5.74, 6) is 0. The minimum atomic E-state index is -4.38. The molecule has 0 unspecified atom stereocenters. The molecule has 0 aliphatic carbocycles. The molecule has 2 aromatic rings. The van der Waals surface area contributed by atoms with Gasteiger partial charge in [0.1, 0.15) is 0 Å². The fraction of sp³-hybridized carbons (Fsp3) is 0.429. The first-order chi connectivity index (χ1) is 12.0. The van der Waals surface area contributed by atoms with Crippen LogP contribution < -0.4 is 0 Å². The Labute approximate surface area is 153 Å². The van der Waals surface area contributed by atoms with Crippen molar-refractivity contribution in [1.82, 2.24) is 0 Å². The molecular weight excluding hydrogens is 345 g/mol. The molecule has 0 saturated heterocycles. The van der Waals surface area contributed by atoms with Crippen LogP contribution in [0, 0.1) is 0 Å². The number of hydrogen-bond acceptors (Lipinski definition) is 0. The number of rotatable bonds is 9. The van der Waals surface area contributed by atoms with Gasteiger partial charge in [0.15, 0.2) is 0 Å². The Bertz CT molecular complexity index is 635. The average molecular weight is 369 g/mol. The fourth-order valence-electron chi connectivity index (χ4n) is 2.96. The molecule has 0 aliphatic rings. The lowest BCUT2D eigenvalue weighted by Gasteiger charge is -2.11. The van der Waals surface area contributed by atoms with Gasteiger partial charge in [-0.25, -0.2) is 0 Å². The minimum Gasteiger partial charge on any atom is -0.166 e. The fourth-order valence-corrected chi connectivity index (χ4v) is 3.18. The normalized spacial score (nSPS) is 11.7. The van der Waals surface area contributed by atoms with Crippen molar-refractivity contribution in [2.75, 3.05) is 0 Å². The maximum atomic E-state index is 12.8. The van der Waals surface area contributed by atoms with E-state index >= 15 is 0 Å². The number of aryl methyl sites for hydroxylation is 2. The van der Waals surface area contributed by atoms with Crippen molar-refractivity contribution >= 4 is 11.6 Å². The number of benzene rings is 2. The summed E-state index contributed by atoms with van der Waals surface area (Å²) in [5, 5.41) is -0.227. The summed E-state index contributed by atoms with van der Waals surface area (Å²) in [6, 6.07) is 14.7. The van der Waals surface area contributed by atoms with Gasteiger partial charge in [0.05, 0.1) is 10.6 Å². The maximum Gasteiger partial charge on any atom is 0.417 e. The van der Waals surface area contributed by atoms with E-state index < -0.39 is 11.7 Å². The quantitative estimate of drug-likeness (QED) is 0.402. The highest BCUT2D eigenvalue weighted by atomic mass is 35.5. The molecule has 0 nitrogen and oxygen atoms in total. The molecule has 2 rings (SSSR count). The van der Waals surface area contributed by atoms with Crippen LogP contribution in [-0.2, 0) is 19.0 Å². The van der Waals surface area contributed by atoms with Crippen LogP contribution in [0.2, 0.25) is 5.02 Å². The summed E-state index contributed by atoms with van der Waals surface area (Å²) >= 11 is 5.64. The maximum absolute atomic E-state index is 12.8. The zero-order valence-electron chi connectivity index (χ0n) is 14.3. The van der Waals surface area contributed by atoms with Gasteiger partial charge in [0.2, 0.25) is 0 Å². The van der Waals surface area contributed by atoms with Gasteiger partial charge in [0, 0.05) is 0 Å². The highest BCUT2D eigenvalue weighted by Crippen LogP contribution is 2.35. The number of alkyl halides is 3. The van der Waals surface area contributed by atoms with Crippen LogP contribution in [0.1, 0.15) is 55.2 Å². The van der Waals surface area contributed by atoms with Gasteiger partial charge in [-0.2, -0.15) is 13.2 Å². The van der Waals surface area contributed by atoms with Gasteiger partial charge in [-0.05, 0) is 48.9 Å². The average Bonchev–Trinajstić information content (AvgIpc) is 2.58. The molecule has 0 aromatic heterocycles. The molecule has 0 radical (unpaired) electrons. The third kappa shape index (κ3) is 7.11. The van der Waals surface area contributed by atoms with E-state index in [0.29, 0.717) is 12.0 Å². The second kappa shape index (κ2) is 9.86. The summed E-state index contributed by atoms with van der Waals surface area (Å²) in [6.45, 7) is 0. The summed E-state index contributed by atoms with van der Waals surface area (Å²) < 4.78 is 38.5. The van der Waals surface area contributed by atoms with Crippen LogP contribution >= 0.6 is 11.6 Å². The Morgan fingerprint density at radius 3 is 1.84 bits per heavy atom. The Balaban J connectivity index is 1.60. The lowest BCUT2D eigenvalue weighted by Crippen LogP contribution is -2.06. The molecule has 0 N–H and O–H groups in total. The first kappa shape index (κ1) is 19.8. The third-order valence-electron chi connectivity index (χ3n) is 4.36. The van der Waals surface area contributed by atoms with E-state index in [-0.39, 0.29) is 5.02 Å². The van der Waals surface area contributed by atoms with Crippen molar-refractivity contribution in [2.24, 2.45) is 0 Å². The standard InChI is InChI=1S/C21H24ClF3/c22-20-15-14-18(16-19(20)21(23,24)25)13-7-4-2-1-3-6-10-17-11-8-5-9-12-17/h5,8-9,11-12,14-16H,1-4,6-7,10,13H2. The molecule has 0 spiro atoms. The van der Waals surface area contributed by atoms with Crippen molar-refractivity contribution in [2.45, 2.75) is 57.5 Å². The first-order valence-electron chi connectivity index (χ1n) is 8.86. The van der Waals surface area contributed by atoms with Crippen molar-refractivity contribution in [3.63, 3.8) is 0 Å². The number of hydrogen-bond donors (Lipinski definition) is 0. The van der Waals surface area contributed by atoms with E-state index in [1.54, 1.807) is 6.07 Å². The Hall–Kier alpha value is -1.48. The molecule has 4 heteroatoms. The van der Waals surface area contributed by atoms with Gasteiger partial charge >= 0.3 is 6.18 Å². The minimum absolute atomic E-state index is 0.227. The molecule has 0 saturated carbocycles. The molecule has 136 valence electrons. The lowest BCUT2D eigenvalue weighted by molar-refractivity contribution is -0.137. The summed E-state index contributed by atoms with van der Waals surface area (Å²) in [4.78, 5) is 0. The molecule has 0 heterocycles. The summed E-state index contributed by atoms with van der Waals surface area (Å²) in [7, 11) is 0. The van der Waals surface area contributed by atoms with Crippen LogP contribution in [0.3, 0.4) is 0 Å². The smallest absolute Gasteiger partial charge is 0.166 e. The molecule has 25 heavy (non-hydrogen) atoms. The molecular formula is C21H24ClF3. The molecule has 0 fully saturated rings. The van der Waals surface area contributed by atoms with Crippen molar-refractivity contribution < 1.29 is 13.2 Å². The highest BCUT2D eigenvalue weighted by molar-refractivity contribution is 6.31. The Morgan fingerprint density at radius 2 is 1.24 bits per heavy atom. The van der Waals surface area contributed by atoms with Crippen LogP contribution in [0.25, 0.3) is 0 Å². The predicted octanol–water partition coefficient (Wildman–Crippen LogP) is 7.48. The monoisotopic (exact) mass is 368 g/mol. The Kier molecular flexibility index (Phi) is 7.83. The second-order valence-corrected chi connectivity index (χ2v) is 6.83. The SMILES string of the molecule is FC(F)(F)c1cc(CCCCCCCCc2ccccc2)ccc1Cl. The molecule has 2 aromatic carbocycles. The van der Waals surface area contributed by atoms with E-state index in [1.165, 1.54) is 37.0 Å². The van der Waals surface area contributed by atoms with Gasteiger partial charge in [-0.3, -0.25) is 0 Å². The summed E-state index contributed by atoms with van der Waals surface area (Å²) in [5.41, 5.74) is 1.36. The van der Waals surface area contributed by atoms with Gasteiger partial charge < -0.3 is 0 Å². The molecule has 0 aliphatic heterocycles. The van der Waals surface area contributed by atoms with Crippen LogP contribution in [0.5, 0.6) is 0 Å². The van der Waals surface area contributed by atoms with Crippen molar-refractivity contribution in [3.8, 4) is 0 Å². The Morgan fingerprint density at radius 1 is 0.680 bits per heavy atom. The molecule has 0 atom stereocenters. The topological polar surface area (TPSA) is 0 Å². The summed E-state index contributed by atoms with van der Waals surface area (Å²) in [6.07, 6.45) is 4.08. The van der Waals surface area contributed by atoms with Crippen LogP contribution in [-0.4, -0.2) is 0 Å². The highest BCUT2D eigenvalue weighted by Gasteiger charge is 2.33. The molecule has 0 amide bonds. The van der Waals surface area contributed by atoms with E-state index in [0.717, 1.165) is 25.7 Å². The second-order valence-electron chi connectivity index (χ2n) is 6.42. The lowest BCUT2D eigenvalue weighted by atomic mass is 10.0. The largest absolute Gasteiger partial charge is 0.417 e. The molecule has 0 bridgehead atoms. The number of halogens is 4. The van der Waals surface area contributed by atoms with Crippen LogP contribution in [0.15, 0.2) is 48.5 Å². The van der Waals surface area contributed by atoms with Crippen molar-refractivity contribution in [1.29, 1.82) is 0 Å². The zero-order chi connectivity index (χ0) is 18.1. The van der Waals surface area contributed by atoms with E-state index in [4.69, 9.17) is 11.6 Å². The van der Waals surface area contributed by atoms with E-state index in [9.17, 15) is 13.2 Å². The van der Waals surface area contributed by atoms with Gasteiger partial charge in [-0.15, -0.1) is 0 Å². The van der Waals surface area contributed by atoms with E-state index in [1.807, 2.05) is 6.07 Å². The van der Waals surface area contributed by atoms with Crippen LogP contribution in [0.4, 0.5) is 13.2 Å². The predicted molar refractivity (Wildman–Crippen MR) is 98.0 cm³/mol.